The molecule has 2 rings (SSSR count). The van der Waals surface area contributed by atoms with E-state index in [1.54, 1.807) is 11.3 Å². The molecule has 1 aliphatic rings. The van der Waals surface area contributed by atoms with Crippen molar-refractivity contribution >= 4 is 16.5 Å². The van der Waals surface area contributed by atoms with E-state index in [9.17, 15) is 10.2 Å². The van der Waals surface area contributed by atoms with Crippen molar-refractivity contribution in [1.29, 1.82) is 0 Å². The summed E-state index contributed by atoms with van der Waals surface area (Å²) in [7, 11) is 0. The SMILES string of the molecule is CC(CO)(CO)CN1CCN(c2nccs2)CC1. The van der Waals surface area contributed by atoms with Crippen molar-refractivity contribution in [1.82, 2.24) is 9.88 Å². The first-order chi connectivity index (χ1) is 8.67. The molecule has 1 saturated heterocycles. The minimum absolute atomic E-state index is 0.0240. The van der Waals surface area contributed by atoms with Crippen molar-refractivity contribution in [2.45, 2.75) is 6.92 Å². The van der Waals surface area contributed by atoms with Gasteiger partial charge in [-0.15, -0.1) is 11.3 Å². The van der Waals surface area contributed by atoms with Crippen molar-refractivity contribution in [3.8, 4) is 0 Å². The Balaban J connectivity index is 1.83. The molecule has 0 aliphatic carbocycles. The lowest BCUT2D eigenvalue weighted by Crippen LogP contribution is -2.50. The van der Waals surface area contributed by atoms with Crippen LogP contribution in [0.3, 0.4) is 0 Å². The van der Waals surface area contributed by atoms with Gasteiger partial charge in [0.15, 0.2) is 5.13 Å². The summed E-state index contributed by atoms with van der Waals surface area (Å²) in [4.78, 5) is 8.91. The third-order valence-electron chi connectivity index (χ3n) is 3.43. The van der Waals surface area contributed by atoms with E-state index < -0.39 is 5.41 Å². The molecule has 1 aliphatic heterocycles. The zero-order chi connectivity index (χ0) is 13.0. The molecule has 0 aromatic carbocycles. The van der Waals surface area contributed by atoms with Gasteiger partial charge in [0.1, 0.15) is 0 Å². The minimum atomic E-state index is -0.399. The summed E-state index contributed by atoms with van der Waals surface area (Å²) in [6.45, 7) is 6.53. The maximum atomic E-state index is 9.31. The van der Waals surface area contributed by atoms with Crippen LogP contribution in [0.4, 0.5) is 5.13 Å². The summed E-state index contributed by atoms with van der Waals surface area (Å²) in [5, 5.41) is 21.7. The average Bonchev–Trinajstić information content (AvgIpc) is 2.93. The van der Waals surface area contributed by atoms with Crippen molar-refractivity contribution < 1.29 is 10.2 Å². The zero-order valence-corrected chi connectivity index (χ0v) is 11.6. The van der Waals surface area contributed by atoms with Crippen molar-refractivity contribution in [2.24, 2.45) is 5.41 Å². The van der Waals surface area contributed by atoms with Crippen LogP contribution in [0.2, 0.25) is 0 Å². The van der Waals surface area contributed by atoms with E-state index >= 15 is 0 Å². The van der Waals surface area contributed by atoms with Gasteiger partial charge >= 0.3 is 0 Å². The van der Waals surface area contributed by atoms with E-state index in [0.717, 1.165) is 37.9 Å². The van der Waals surface area contributed by atoms with Crippen LogP contribution in [0.1, 0.15) is 6.92 Å². The molecule has 2 N–H and O–H groups in total. The first-order valence-electron chi connectivity index (χ1n) is 6.25. The Labute approximate surface area is 112 Å². The largest absolute Gasteiger partial charge is 0.396 e. The van der Waals surface area contributed by atoms with Gasteiger partial charge in [0.2, 0.25) is 0 Å². The normalized spacial score (nSPS) is 18.3. The fourth-order valence-electron chi connectivity index (χ4n) is 2.16. The summed E-state index contributed by atoms with van der Waals surface area (Å²) in [6, 6.07) is 0. The van der Waals surface area contributed by atoms with Gasteiger partial charge in [0, 0.05) is 49.7 Å². The van der Waals surface area contributed by atoms with Crippen LogP contribution < -0.4 is 4.90 Å². The molecule has 0 atom stereocenters. The highest BCUT2D eigenvalue weighted by atomic mass is 32.1. The van der Waals surface area contributed by atoms with Crippen molar-refractivity contribution in [3.63, 3.8) is 0 Å². The van der Waals surface area contributed by atoms with Gasteiger partial charge in [-0.05, 0) is 0 Å². The van der Waals surface area contributed by atoms with Gasteiger partial charge in [-0.2, -0.15) is 0 Å². The zero-order valence-electron chi connectivity index (χ0n) is 10.7. The van der Waals surface area contributed by atoms with Crippen molar-refractivity contribution in [3.05, 3.63) is 11.6 Å². The molecule has 2 heterocycles. The minimum Gasteiger partial charge on any atom is -0.396 e. The predicted octanol–water partition coefficient (Wildman–Crippen LogP) is 0.256. The summed E-state index contributed by atoms with van der Waals surface area (Å²) in [5.74, 6) is 0. The number of rotatable bonds is 5. The van der Waals surface area contributed by atoms with E-state index in [1.807, 2.05) is 18.5 Å². The molecular formula is C12H21N3O2S. The van der Waals surface area contributed by atoms with Gasteiger partial charge < -0.3 is 15.1 Å². The Kier molecular flexibility index (Phi) is 4.55. The van der Waals surface area contributed by atoms with Gasteiger partial charge in [0.05, 0.1) is 13.2 Å². The van der Waals surface area contributed by atoms with Crippen molar-refractivity contribution in [2.75, 3.05) is 50.8 Å². The monoisotopic (exact) mass is 271 g/mol. The molecule has 1 aromatic rings. The van der Waals surface area contributed by atoms with Gasteiger partial charge in [-0.25, -0.2) is 4.98 Å². The van der Waals surface area contributed by atoms with Crippen LogP contribution in [-0.2, 0) is 0 Å². The average molecular weight is 271 g/mol. The molecule has 102 valence electrons. The second kappa shape index (κ2) is 5.97. The Morgan fingerprint density at radius 2 is 1.94 bits per heavy atom. The second-order valence-corrected chi connectivity index (χ2v) is 6.08. The molecule has 0 bridgehead atoms. The van der Waals surface area contributed by atoms with Crippen LogP contribution in [0.15, 0.2) is 11.6 Å². The number of aliphatic hydroxyl groups is 2. The number of nitrogens with zero attached hydrogens (tertiary/aromatic N) is 3. The smallest absolute Gasteiger partial charge is 0.185 e. The highest BCUT2D eigenvalue weighted by Crippen LogP contribution is 2.21. The molecular weight excluding hydrogens is 250 g/mol. The molecule has 1 fully saturated rings. The summed E-state index contributed by atoms with van der Waals surface area (Å²) in [5.41, 5.74) is -0.399. The molecule has 5 nitrogen and oxygen atoms in total. The van der Waals surface area contributed by atoms with Crippen LogP contribution in [0.25, 0.3) is 0 Å². The van der Waals surface area contributed by atoms with E-state index in [0.29, 0.717) is 0 Å². The van der Waals surface area contributed by atoms with Crippen LogP contribution in [0, 0.1) is 5.41 Å². The lowest BCUT2D eigenvalue weighted by Gasteiger charge is -2.38. The third kappa shape index (κ3) is 3.20. The van der Waals surface area contributed by atoms with E-state index in [1.165, 1.54) is 0 Å². The quantitative estimate of drug-likeness (QED) is 0.804. The lowest BCUT2D eigenvalue weighted by atomic mass is 9.92. The maximum Gasteiger partial charge on any atom is 0.185 e. The van der Waals surface area contributed by atoms with Crippen LogP contribution in [0.5, 0.6) is 0 Å². The molecule has 0 spiro atoms. The molecule has 18 heavy (non-hydrogen) atoms. The number of aromatic nitrogens is 1. The topological polar surface area (TPSA) is 59.8 Å². The van der Waals surface area contributed by atoms with Crippen LogP contribution in [-0.4, -0.2) is 66.0 Å². The maximum absolute atomic E-state index is 9.31. The summed E-state index contributed by atoms with van der Waals surface area (Å²) in [6.07, 6.45) is 1.83. The number of anilines is 1. The highest BCUT2D eigenvalue weighted by Gasteiger charge is 2.28. The molecule has 0 unspecified atom stereocenters. The predicted molar refractivity (Wildman–Crippen MR) is 73.0 cm³/mol. The standard InChI is InChI=1S/C12H21N3O2S/c1-12(9-16,10-17)8-14-3-5-15(6-4-14)11-13-2-7-18-11/h2,7,16-17H,3-6,8-10H2,1H3. The Bertz CT molecular complexity index is 346. The lowest BCUT2D eigenvalue weighted by molar-refractivity contribution is 0.0336. The number of hydrogen-bond acceptors (Lipinski definition) is 6. The number of piperazine rings is 1. The Morgan fingerprint density at radius 3 is 2.44 bits per heavy atom. The first-order valence-corrected chi connectivity index (χ1v) is 7.13. The molecule has 0 radical (unpaired) electrons. The van der Waals surface area contributed by atoms with E-state index in [-0.39, 0.29) is 13.2 Å². The fraction of sp³-hybridized carbons (Fsp3) is 0.750. The molecule has 0 saturated carbocycles. The van der Waals surface area contributed by atoms with Gasteiger partial charge in [-0.3, -0.25) is 4.90 Å². The molecule has 0 amide bonds. The summed E-state index contributed by atoms with van der Waals surface area (Å²) >= 11 is 1.67. The van der Waals surface area contributed by atoms with E-state index in [2.05, 4.69) is 14.8 Å². The Morgan fingerprint density at radius 1 is 1.28 bits per heavy atom. The molecule has 1 aromatic heterocycles. The van der Waals surface area contributed by atoms with Gasteiger partial charge in [-0.1, -0.05) is 6.92 Å². The fourth-order valence-corrected chi connectivity index (χ4v) is 2.86. The van der Waals surface area contributed by atoms with Crippen LogP contribution >= 0.6 is 11.3 Å². The van der Waals surface area contributed by atoms with E-state index in [4.69, 9.17) is 0 Å². The number of thiazole rings is 1. The molecule has 6 heteroatoms. The second-order valence-electron chi connectivity index (χ2n) is 5.20. The number of aliphatic hydroxyl groups excluding tert-OH is 2. The third-order valence-corrected chi connectivity index (χ3v) is 4.26. The first kappa shape index (κ1) is 13.7. The Hall–Kier alpha value is -0.690. The highest BCUT2D eigenvalue weighted by molar-refractivity contribution is 7.13. The number of hydrogen-bond donors (Lipinski definition) is 2. The summed E-state index contributed by atoms with van der Waals surface area (Å²) < 4.78 is 0. The van der Waals surface area contributed by atoms with Gasteiger partial charge in [0.25, 0.3) is 0 Å².